The molecule has 0 atom stereocenters. The number of hydrogen-bond donors (Lipinski definition) is 1. The molecule has 5 nitrogen and oxygen atoms in total. The van der Waals surface area contributed by atoms with Crippen molar-refractivity contribution < 1.29 is 4.74 Å². The van der Waals surface area contributed by atoms with Crippen molar-refractivity contribution in [2.45, 2.75) is 18.8 Å². The average Bonchev–Trinajstić information content (AvgIpc) is 3.20. The zero-order valence-corrected chi connectivity index (χ0v) is 11.0. The lowest BCUT2D eigenvalue weighted by Gasteiger charge is -2.04. The van der Waals surface area contributed by atoms with E-state index in [1.807, 2.05) is 36.0 Å². The van der Waals surface area contributed by atoms with Crippen molar-refractivity contribution >= 4 is 0 Å². The van der Waals surface area contributed by atoms with Crippen LogP contribution in [-0.4, -0.2) is 27.9 Å². The predicted octanol–water partition coefficient (Wildman–Crippen LogP) is 1.70. The molecule has 1 aromatic heterocycles. The van der Waals surface area contributed by atoms with Gasteiger partial charge < -0.3 is 10.5 Å². The molecule has 1 aliphatic carbocycles. The number of nitrogens with two attached hydrogens (primary N) is 1. The molecule has 0 bridgehead atoms. The molecule has 0 spiro atoms. The lowest BCUT2D eigenvalue weighted by Crippen LogP contribution is -2.10. The van der Waals surface area contributed by atoms with Gasteiger partial charge >= 0.3 is 0 Å². The Labute approximate surface area is 112 Å². The minimum Gasteiger partial charge on any atom is -0.492 e. The number of nitrogens with zero attached hydrogens (tertiary/aromatic N) is 3. The third-order valence-electron chi connectivity index (χ3n) is 3.24. The van der Waals surface area contributed by atoms with Gasteiger partial charge in [-0.3, -0.25) is 4.68 Å². The molecule has 3 rings (SSSR count). The molecular formula is C14H18N4O. The minimum atomic E-state index is 0.522. The molecule has 0 aliphatic heterocycles. The summed E-state index contributed by atoms with van der Waals surface area (Å²) in [5.74, 6) is 3.32. The lowest BCUT2D eigenvalue weighted by molar-refractivity contribution is 0.328. The summed E-state index contributed by atoms with van der Waals surface area (Å²) in [6.45, 7) is 1.06. The van der Waals surface area contributed by atoms with Gasteiger partial charge in [-0.15, -0.1) is 0 Å². The first kappa shape index (κ1) is 12.2. The summed E-state index contributed by atoms with van der Waals surface area (Å²) >= 11 is 0. The largest absolute Gasteiger partial charge is 0.492 e. The summed E-state index contributed by atoms with van der Waals surface area (Å²) in [4.78, 5) is 4.62. The first-order chi connectivity index (χ1) is 9.28. The van der Waals surface area contributed by atoms with E-state index in [0.717, 1.165) is 23.0 Å². The van der Waals surface area contributed by atoms with Crippen LogP contribution < -0.4 is 10.5 Å². The Morgan fingerprint density at radius 1 is 1.32 bits per heavy atom. The molecule has 1 aromatic carbocycles. The maximum absolute atomic E-state index is 5.45. The Kier molecular flexibility index (Phi) is 3.21. The quantitative estimate of drug-likeness (QED) is 0.886. The number of benzene rings is 1. The van der Waals surface area contributed by atoms with Crippen LogP contribution in [0.25, 0.3) is 11.4 Å². The molecule has 0 saturated heterocycles. The van der Waals surface area contributed by atoms with Crippen molar-refractivity contribution in [1.29, 1.82) is 0 Å². The molecule has 0 unspecified atom stereocenters. The van der Waals surface area contributed by atoms with Gasteiger partial charge in [-0.25, -0.2) is 4.98 Å². The van der Waals surface area contributed by atoms with Crippen LogP contribution in [-0.2, 0) is 7.05 Å². The van der Waals surface area contributed by atoms with E-state index in [9.17, 15) is 0 Å². The molecule has 1 aliphatic rings. The number of rotatable bonds is 5. The fraction of sp³-hybridized carbons (Fsp3) is 0.429. The molecule has 1 heterocycles. The van der Waals surface area contributed by atoms with E-state index in [0.29, 0.717) is 19.1 Å². The summed E-state index contributed by atoms with van der Waals surface area (Å²) in [5.41, 5.74) is 6.42. The number of aromatic nitrogens is 3. The van der Waals surface area contributed by atoms with Crippen LogP contribution in [0.15, 0.2) is 24.3 Å². The van der Waals surface area contributed by atoms with Gasteiger partial charge in [0.15, 0.2) is 5.82 Å². The van der Waals surface area contributed by atoms with E-state index in [-0.39, 0.29) is 0 Å². The Balaban J connectivity index is 1.79. The molecule has 5 heteroatoms. The van der Waals surface area contributed by atoms with Crippen LogP contribution in [0.1, 0.15) is 24.6 Å². The van der Waals surface area contributed by atoms with E-state index in [2.05, 4.69) is 10.1 Å². The highest BCUT2D eigenvalue weighted by Crippen LogP contribution is 2.39. The van der Waals surface area contributed by atoms with E-state index < -0.39 is 0 Å². The van der Waals surface area contributed by atoms with Gasteiger partial charge in [-0.2, -0.15) is 5.10 Å². The van der Waals surface area contributed by atoms with Gasteiger partial charge in [0.1, 0.15) is 18.2 Å². The molecule has 19 heavy (non-hydrogen) atoms. The average molecular weight is 258 g/mol. The lowest BCUT2D eigenvalue weighted by atomic mass is 10.2. The van der Waals surface area contributed by atoms with Gasteiger partial charge in [0.2, 0.25) is 0 Å². The molecule has 1 saturated carbocycles. The van der Waals surface area contributed by atoms with Crippen LogP contribution in [0.2, 0.25) is 0 Å². The van der Waals surface area contributed by atoms with Crippen molar-refractivity contribution in [3.63, 3.8) is 0 Å². The number of hydrogen-bond acceptors (Lipinski definition) is 4. The fourth-order valence-corrected chi connectivity index (χ4v) is 2.09. The molecule has 2 N–H and O–H groups in total. The summed E-state index contributed by atoms with van der Waals surface area (Å²) in [7, 11) is 1.96. The number of aryl methyl sites for hydroxylation is 1. The number of ether oxygens (including phenoxy) is 1. The SMILES string of the molecule is Cn1nc(-c2ccc(OCCN)cc2)nc1C1CC1. The van der Waals surface area contributed by atoms with Crippen molar-refractivity contribution in [2.24, 2.45) is 12.8 Å². The summed E-state index contributed by atoms with van der Waals surface area (Å²) in [6, 6.07) is 7.83. The van der Waals surface area contributed by atoms with E-state index in [1.54, 1.807) is 0 Å². The predicted molar refractivity (Wildman–Crippen MR) is 73.0 cm³/mol. The van der Waals surface area contributed by atoms with Gasteiger partial charge in [-0.1, -0.05) is 0 Å². The summed E-state index contributed by atoms with van der Waals surface area (Å²) in [5, 5.41) is 4.48. The Morgan fingerprint density at radius 3 is 2.68 bits per heavy atom. The highest BCUT2D eigenvalue weighted by molar-refractivity contribution is 5.56. The van der Waals surface area contributed by atoms with Crippen LogP contribution >= 0.6 is 0 Å². The normalized spacial score (nSPS) is 14.6. The fourth-order valence-electron chi connectivity index (χ4n) is 2.09. The minimum absolute atomic E-state index is 0.522. The maximum atomic E-state index is 5.45. The maximum Gasteiger partial charge on any atom is 0.181 e. The van der Waals surface area contributed by atoms with Crippen LogP contribution in [0.3, 0.4) is 0 Å². The van der Waals surface area contributed by atoms with Gasteiger partial charge in [-0.05, 0) is 37.1 Å². The Bertz CT molecular complexity index is 557. The van der Waals surface area contributed by atoms with E-state index in [1.165, 1.54) is 12.8 Å². The third-order valence-corrected chi connectivity index (χ3v) is 3.24. The van der Waals surface area contributed by atoms with E-state index >= 15 is 0 Å². The Hall–Kier alpha value is -1.88. The second kappa shape index (κ2) is 5.01. The monoisotopic (exact) mass is 258 g/mol. The van der Waals surface area contributed by atoms with Crippen LogP contribution in [0.5, 0.6) is 5.75 Å². The first-order valence-corrected chi connectivity index (χ1v) is 6.62. The second-order valence-electron chi connectivity index (χ2n) is 4.85. The zero-order chi connectivity index (χ0) is 13.2. The topological polar surface area (TPSA) is 66.0 Å². The van der Waals surface area contributed by atoms with E-state index in [4.69, 9.17) is 10.5 Å². The van der Waals surface area contributed by atoms with Crippen LogP contribution in [0, 0.1) is 0 Å². The first-order valence-electron chi connectivity index (χ1n) is 6.62. The molecule has 0 amide bonds. The molecule has 0 radical (unpaired) electrons. The smallest absolute Gasteiger partial charge is 0.181 e. The molecular weight excluding hydrogens is 240 g/mol. The third kappa shape index (κ3) is 2.61. The van der Waals surface area contributed by atoms with Crippen LogP contribution in [0.4, 0.5) is 0 Å². The highest BCUT2D eigenvalue weighted by Gasteiger charge is 2.28. The summed E-state index contributed by atoms with van der Waals surface area (Å²) < 4.78 is 7.35. The van der Waals surface area contributed by atoms with Crippen molar-refractivity contribution in [3.05, 3.63) is 30.1 Å². The van der Waals surface area contributed by atoms with Gasteiger partial charge in [0.25, 0.3) is 0 Å². The Morgan fingerprint density at radius 2 is 2.05 bits per heavy atom. The van der Waals surface area contributed by atoms with Crippen molar-refractivity contribution in [3.8, 4) is 17.1 Å². The highest BCUT2D eigenvalue weighted by atomic mass is 16.5. The van der Waals surface area contributed by atoms with Gasteiger partial charge in [0.05, 0.1) is 0 Å². The molecule has 100 valence electrons. The standard InChI is InChI=1S/C14H18N4O/c1-18-14(11-2-3-11)16-13(17-18)10-4-6-12(7-5-10)19-9-8-15/h4-7,11H,2-3,8-9,15H2,1H3. The zero-order valence-electron chi connectivity index (χ0n) is 11.0. The summed E-state index contributed by atoms with van der Waals surface area (Å²) in [6.07, 6.45) is 2.47. The second-order valence-corrected chi connectivity index (χ2v) is 4.85. The van der Waals surface area contributed by atoms with Crippen molar-refractivity contribution in [2.75, 3.05) is 13.2 Å². The molecule has 2 aromatic rings. The molecule has 1 fully saturated rings. The van der Waals surface area contributed by atoms with Gasteiger partial charge in [0, 0.05) is 25.1 Å². The van der Waals surface area contributed by atoms with Crippen molar-refractivity contribution in [1.82, 2.24) is 14.8 Å².